The zero-order valence-corrected chi connectivity index (χ0v) is 13.1. The Kier molecular flexibility index (Phi) is 4.33. The van der Waals surface area contributed by atoms with Crippen molar-refractivity contribution in [1.29, 1.82) is 0 Å². The van der Waals surface area contributed by atoms with Crippen LogP contribution in [0.25, 0.3) is 11.2 Å². The summed E-state index contributed by atoms with van der Waals surface area (Å²) in [7, 11) is 1.78. The number of hydrogen-bond acceptors (Lipinski definition) is 7. The molecule has 0 bridgehead atoms. The molecule has 0 spiro atoms. The second kappa shape index (κ2) is 6.57. The zero-order chi connectivity index (χ0) is 16.2. The summed E-state index contributed by atoms with van der Waals surface area (Å²) in [5, 5.41) is 23.9. The molecule has 0 aliphatic rings. The summed E-state index contributed by atoms with van der Waals surface area (Å²) in [4.78, 5) is 8.92. The number of nitrogens with one attached hydrogen (secondary N) is 2. The van der Waals surface area contributed by atoms with Crippen LogP contribution in [0.1, 0.15) is 13.3 Å². The smallest absolute Gasteiger partial charge is 0.227 e. The molecule has 0 radical (unpaired) electrons. The van der Waals surface area contributed by atoms with Gasteiger partial charge in [-0.05, 0) is 18.6 Å². The Hall–Kier alpha value is -2.74. The molecule has 120 valence electrons. The van der Waals surface area contributed by atoms with Crippen LogP contribution < -0.4 is 10.6 Å². The molecule has 8 heteroatoms. The Morgan fingerprint density at radius 3 is 2.70 bits per heavy atom. The van der Waals surface area contributed by atoms with Gasteiger partial charge in [-0.3, -0.25) is 0 Å². The van der Waals surface area contributed by atoms with Crippen molar-refractivity contribution in [2.45, 2.75) is 19.4 Å². The first-order valence-electron chi connectivity index (χ1n) is 7.48. The molecule has 3 rings (SSSR count). The highest BCUT2D eigenvalue weighted by Crippen LogP contribution is 2.23. The van der Waals surface area contributed by atoms with Crippen LogP contribution in [-0.2, 0) is 7.05 Å². The highest BCUT2D eigenvalue weighted by Gasteiger charge is 2.15. The number of fused-ring (bicyclic) bond motifs is 1. The lowest BCUT2D eigenvalue weighted by Crippen LogP contribution is -2.24. The number of anilines is 3. The van der Waals surface area contributed by atoms with Gasteiger partial charge in [0.1, 0.15) is 0 Å². The third kappa shape index (κ3) is 3.21. The molecule has 0 saturated carbocycles. The average molecular weight is 313 g/mol. The van der Waals surface area contributed by atoms with Crippen LogP contribution in [-0.4, -0.2) is 42.7 Å². The van der Waals surface area contributed by atoms with Gasteiger partial charge in [-0.25, -0.2) is 4.68 Å². The molecule has 3 aromatic rings. The molecule has 1 unspecified atom stereocenters. The van der Waals surface area contributed by atoms with Crippen molar-refractivity contribution < 1.29 is 5.11 Å². The molecule has 2 aromatic heterocycles. The fourth-order valence-corrected chi connectivity index (χ4v) is 2.18. The van der Waals surface area contributed by atoms with E-state index in [4.69, 9.17) is 0 Å². The van der Waals surface area contributed by atoms with Crippen LogP contribution >= 0.6 is 0 Å². The van der Waals surface area contributed by atoms with Crippen molar-refractivity contribution in [3.05, 3.63) is 30.3 Å². The number of aryl methyl sites for hydroxylation is 1. The monoisotopic (exact) mass is 313 g/mol. The standard InChI is InChI=1S/C15H19N7O/c1-3-10(9-23)17-15-18-13(16-11-7-5-4-6-8-11)12-14(19-15)22(2)21-20-12/h4-8,10,23H,3,9H2,1-2H3,(H2,16,17,18,19). The highest BCUT2D eigenvalue weighted by molar-refractivity contribution is 5.85. The summed E-state index contributed by atoms with van der Waals surface area (Å²) in [5.41, 5.74) is 2.12. The Bertz CT molecular complexity index is 783. The van der Waals surface area contributed by atoms with E-state index in [1.807, 2.05) is 37.3 Å². The number of aliphatic hydroxyl groups excluding tert-OH is 1. The number of benzene rings is 1. The van der Waals surface area contributed by atoms with Gasteiger partial charge in [-0.15, -0.1) is 5.10 Å². The molecule has 2 heterocycles. The fourth-order valence-electron chi connectivity index (χ4n) is 2.18. The summed E-state index contributed by atoms with van der Waals surface area (Å²) in [6.07, 6.45) is 0.767. The molecule has 0 fully saturated rings. The van der Waals surface area contributed by atoms with Gasteiger partial charge in [-0.1, -0.05) is 30.3 Å². The maximum absolute atomic E-state index is 9.36. The minimum absolute atomic E-state index is 0.0168. The first-order chi connectivity index (χ1) is 11.2. The molecule has 1 atom stereocenters. The second-order valence-corrected chi connectivity index (χ2v) is 5.20. The van der Waals surface area contributed by atoms with Gasteiger partial charge in [0.2, 0.25) is 5.95 Å². The average Bonchev–Trinajstić information content (AvgIpc) is 2.95. The normalized spacial score (nSPS) is 12.3. The van der Waals surface area contributed by atoms with E-state index in [1.165, 1.54) is 0 Å². The van der Waals surface area contributed by atoms with Gasteiger partial charge in [0.05, 0.1) is 12.6 Å². The lowest BCUT2D eigenvalue weighted by molar-refractivity contribution is 0.271. The van der Waals surface area contributed by atoms with E-state index >= 15 is 0 Å². The van der Waals surface area contributed by atoms with E-state index in [9.17, 15) is 5.11 Å². The minimum Gasteiger partial charge on any atom is -0.394 e. The zero-order valence-electron chi connectivity index (χ0n) is 13.1. The van der Waals surface area contributed by atoms with Gasteiger partial charge in [0.15, 0.2) is 17.0 Å². The Morgan fingerprint density at radius 1 is 1.22 bits per heavy atom. The number of rotatable bonds is 6. The number of aliphatic hydroxyl groups is 1. The van der Waals surface area contributed by atoms with Crippen molar-refractivity contribution in [1.82, 2.24) is 25.0 Å². The molecule has 23 heavy (non-hydrogen) atoms. The topological polar surface area (TPSA) is 101 Å². The molecule has 3 N–H and O–H groups in total. The fraction of sp³-hybridized carbons (Fsp3) is 0.333. The van der Waals surface area contributed by atoms with Gasteiger partial charge in [0, 0.05) is 12.7 Å². The predicted octanol–water partition coefficient (Wildman–Crippen LogP) is 1.68. The third-order valence-electron chi connectivity index (χ3n) is 3.53. The van der Waals surface area contributed by atoms with Crippen molar-refractivity contribution in [3.63, 3.8) is 0 Å². The van der Waals surface area contributed by atoms with E-state index in [0.29, 0.717) is 22.9 Å². The van der Waals surface area contributed by atoms with Crippen LogP contribution in [0.5, 0.6) is 0 Å². The maximum atomic E-state index is 9.36. The highest BCUT2D eigenvalue weighted by atomic mass is 16.3. The van der Waals surface area contributed by atoms with E-state index in [0.717, 1.165) is 12.1 Å². The van der Waals surface area contributed by atoms with Crippen molar-refractivity contribution in [2.75, 3.05) is 17.2 Å². The maximum Gasteiger partial charge on any atom is 0.227 e. The van der Waals surface area contributed by atoms with Crippen LogP contribution in [0, 0.1) is 0 Å². The molecule has 0 amide bonds. The van der Waals surface area contributed by atoms with Crippen molar-refractivity contribution in [2.24, 2.45) is 7.05 Å². The SMILES string of the molecule is CCC(CO)Nc1nc(Nc2ccccc2)c2nnn(C)c2n1. The predicted molar refractivity (Wildman–Crippen MR) is 88.6 cm³/mol. The van der Waals surface area contributed by atoms with Crippen molar-refractivity contribution >= 4 is 28.6 Å². The Balaban J connectivity index is 2.01. The lowest BCUT2D eigenvalue weighted by Gasteiger charge is -2.15. The van der Waals surface area contributed by atoms with Crippen LogP contribution in [0.15, 0.2) is 30.3 Å². The van der Waals surface area contributed by atoms with E-state index in [1.54, 1.807) is 11.7 Å². The molecular weight excluding hydrogens is 294 g/mol. The minimum atomic E-state index is -0.0989. The van der Waals surface area contributed by atoms with E-state index < -0.39 is 0 Å². The number of nitrogens with zero attached hydrogens (tertiary/aromatic N) is 5. The van der Waals surface area contributed by atoms with Gasteiger partial charge in [0.25, 0.3) is 0 Å². The summed E-state index contributed by atoms with van der Waals surface area (Å²) >= 11 is 0. The van der Waals surface area contributed by atoms with Gasteiger partial charge in [-0.2, -0.15) is 9.97 Å². The summed E-state index contributed by atoms with van der Waals surface area (Å²) < 4.78 is 1.60. The second-order valence-electron chi connectivity index (χ2n) is 5.20. The quantitative estimate of drug-likeness (QED) is 0.636. The Morgan fingerprint density at radius 2 is 2.00 bits per heavy atom. The van der Waals surface area contributed by atoms with E-state index in [2.05, 4.69) is 30.9 Å². The summed E-state index contributed by atoms with van der Waals surface area (Å²) in [6, 6.07) is 9.62. The largest absolute Gasteiger partial charge is 0.394 e. The molecule has 1 aromatic carbocycles. The molecule has 0 aliphatic heterocycles. The first-order valence-corrected chi connectivity index (χ1v) is 7.48. The molecule has 0 saturated heterocycles. The third-order valence-corrected chi connectivity index (χ3v) is 3.53. The van der Waals surface area contributed by atoms with E-state index in [-0.39, 0.29) is 12.6 Å². The van der Waals surface area contributed by atoms with Crippen molar-refractivity contribution in [3.8, 4) is 0 Å². The Labute approximate surface area is 133 Å². The molecule has 0 aliphatic carbocycles. The lowest BCUT2D eigenvalue weighted by atomic mass is 10.2. The summed E-state index contributed by atoms with van der Waals surface area (Å²) in [6.45, 7) is 2.00. The van der Waals surface area contributed by atoms with Gasteiger partial charge >= 0.3 is 0 Å². The van der Waals surface area contributed by atoms with Gasteiger partial charge < -0.3 is 15.7 Å². The molecule has 8 nitrogen and oxygen atoms in total. The summed E-state index contributed by atoms with van der Waals surface area (Å²) in [5.74, 6) is 1.01. The first kappa shape index (κ1) is 15.2. The van der Waals surface area contributed by atoms with Crippen LogP contribution in [0.4, 0.5) is 17.5 Å². The molecular formula is C15H19N7O. The number of aromatic nitrogens is 5. The number of para-hydroxylation sites is 1. The van der Waals surface area contributed by atoms with Crippen LogP contribution in [0.2, 0.25) is 0 Å². The van der Waals surface area contributed by atoms with Crippen LogP contribution in [0.3, 0.4) is 0 Å². The number of hydrogen-bond donors (Lipinski definition) is 3.